The minimum absolute atomic E-state index is 0.0397. The van der Waals surface area contributed by atoms with Crippen LogP contribution in [0.4, 0.5) is 23.2 Å². The predicted molar refractivity (Wildman–Crippen MR) is 101 cm³/mol. The Bertz CT molecular complexity index is 1150. The second kappa shape index (κ2) is 7.92. The van der Waals surface area contributed by atoms with Crippen LogP contribution in [0.25, 0.3) is 0 Å². The molecule has 0 saturated heterocycles. The van der Waals surface area contributed by atoms with E-state index < -0.39 is 48.8 Å². The number of benzene rings is 1. The Kier molecular flexibility index (Phi) is 6.26. The Morgan fingerprint density at radius 2 is 1.90 bits per heavy atom. The van der Waals surface area contributed by atoms with Crippen LogP contribution in [0.2, 0.25) is 5.02 Å². The molecule has 162 valence electrons. The first-order chi connectivity index (χ1) is 13.6. The number of nitrogens with zero attached hydrogens (tertiary/aromatic N) is 2. The Balaban J connectivity index is 2.40. The van der Waals surface area contributed by atoms with E-state index in [-0.39, 0.29) is 16.9 Å². The highest BCUT2D eigenvalue weighted by molar-refractivity contribution is 7.91. The van der Waals surface area contributed by atoms with Crippen molar-refractivity contribution < 1.29 is 30.8 Å². The van der Waals surface area contributed by atoms with E-state index in [2.05, 4.69) is 5.32 Å². The predicted octanol–water partition coefficient (Wildman–Crippen LogP) is 4.30. The molecule has 1 aromatic carbocycles. The molecule has 2 aromatic rings. The fourth-order valence-electron chi connectivity index (χ4n) is 2.56. The summed E-state index contributed by atoms with van der Waals surface area (Å²) in [7, 11) is -3.21. The zero-order valence-corrected chi connectivity index (χ0v) is 17.5. The Labute approximate surface area is 175 Å². The van der Waals surface area contributed by atoms with E-state index in [4.69, 9.17) is 16.9 Å². The first kappa shape index (κ1) is 23.7. The summed E-state index contributed by atoms with van der Waals surface area (Å²) in [6.45, 7) is 1.49. The van der Waals surface area contributed by atoms with Crippen molar-refractivity contribution in [2.24, 2.45) is 12.5 Å². The normalized spacial score (nSPS) is 12.5. The van der Waals surface area contributed by atoms with Crippen molar-refractivity contribution in [1.82, 2.24) is 4.57 Å². The molecule has 0 bridgehead atoms. The number of carbonyl (C=O) groups excluding carboxylic acids is 1. The van der Waals surface area contributed by atoms with Gasteiger partial charge in [-0.15, -0.1) is 0 Å². The van der Waals surface area contributed by atoms with Gasteiger partial charge in [0.1, 0.15) is 22.5 Å². The highest BCUT2D eigenvalue weighted by atomic mass is 35.5. The molecule has 0 aliphatic carbocycles. The van der Waals surface area contributed by atoms with E-state index in [1.807, 2.05) is 0 Å². The van der Waals surface area contributed by atoms with Gasteiger partial charge in [0.05, 0.1) is 21.8 Å². The third-order valence-corrected chi connectivity index (χ3v) is 6.88. The van der Waals surface area contributed by atoms with E-state index in [9.17, 15) is 30.8 Å². The van der Waals surface area contributed by atoms with Crippen LogP contribution in [-0.2, 0) is 16.9 Å². The standard InChI is InChI=1S/C18H16ClF4N3O3S/c1-17(2,18(21,22)23)9-30(28,29)13-8-26(3)15(14(13)19)16(27)25-11-4-5-12(20)10(6-11)7-24/h4-6,8H,9H2,1-3H3,(H,25,27). The van der Waals surface area contributed by atoms with Gasteiger partial charge < -0.3 is 9.88 Å². The van der Waals surface area contributed by atoms with Crippen molar-refractivity contribution >= 4 is 33.0 Å². The Morgan fingerprint density at radius 3 is 2.43 bits per heavy atom. The van der Waals surface area contributed by atoms with Crippen LogP contribution >= 0.6 is 11.6 Å². The summed E-state index contributed by atoms with van der Waals surface area (Å²) in [5, 5.41) is 10.6. The highest BCUT2D eigenvalue weighted by Crippen LogP contribution is 2.41. The molecule has 30 heavy (non-hydrogen) atoms. The van der Waals surface area contributed by atoms with Gasteiger partial charge in [0, 0.05) is 18.9 Å². The number of aryl methyl sites for hydroxylation is 1. The van der Waals surface area contributed by atoms with Crippen molar-refractivity contribution in [2.75, 3.05) is 11.1 Å². The number of amides is 1. The van der Waals surface area contributed by atoms with Crippen LogP contribution in [0.1, 0.15) is 29.9 Å². The minimum Gasteiger partial charge on any atom is -0.344 e. The monoisotopic (exact) mass is 465 g/mol. The molecule has 0 unspecified atom stereocenters. The number of alkyl halides is 3. The molecule has 0 saturated carbocycles. The number of rotatable bonds is 5. The lowest BCUT2D eigenvalue weighted by Gasteiger charge is -2.27. The van der Waals surface area contributed by atoms with Crippen molar-refractivity contribution in [3.8, 4) is 6.07 Å². The second-order valence-electron chi connectivity index (χ2n) is 7.17. The minimum atomic E-state index is -4.78. The molecule has 2 rings (SSSR count). The summed E-state index contributed by atoms with van der Waals surface area (Å²) >= 11 is 6.05. The van der Waals surface area contributed by atoms with Crippen LogP contribution in [0, 0.1) is 22.6 Å². The second-order valence-corrected chi connectivity index (χ2v) is 9.50. The number of anilines is 1. The molecule has 1 N–H and O–H groups in total. The summed E-state index contributed by atoms with van der Waals surface area (Å²) in [6, 6.07) is 4.79. The Hall–Kier alpha value is -2.58. The van der Waals surface area contributed by atoms with Crippen LogP contribution in [0.5, 0.6) is 0 Å². The SMILES string of the molecule is Cn1cc(S(=O)(=O)CC(C)(C)C(F)(F)F)c(Cl)c1C(=O)Nc1ccc(F)c(C#N)c1. The van der Waals surface area contributed by atoms with Crippen molar-refractivity contribution in [3.63, 3.8) is 0 Å². The third kappa shape index (κ3) is 4.60. The van der Waals surface area contributed by atoms with Gasteiger partial charge in [-0.3, -0.25) is 4.79 Å². The molecule has 12 heteroatoms. The molecule has 0 radical (unpaired) electrons. The van der Waals surface area contributed by atoms with Gasteiger partial charge in [-0.05, 0) is 18.2 Å². The number of hydrogen-bond donors (Lipinski definition) is 1. The molecule has 1 aromatic heterocycles. The van der Waals surface area contributed by atoms with Crippen LogP contribution in [0.15, 0.2) is 29.3 Å². The number of carbonyl (C=O) groups is 1. The molecule has 0 spiro atoms. The lowest BCUT2D eigenvalue weighted by Crippen LogP contribution is -2.38. The van der Waals surface area contributed by atoms with Crippen molar-refractivity contribution in [1.29, 1.82) is 5.26 Å². The quantitative estimate of drug-likeness (QED) is 0.666. The zero-order chi connectivity index (χ0) is 23.1. The smallest absolute Gasteiger partial charge is 0.344 e. The first-order valence-corrected chi connectivity index (χ1v) is 10.3. The largest absolute Gasteiger partial charge is 0.394 e. The van der Waals surface area contributed by atoms with E-state index in [0.29, 0.717) is 0 Å². The fourth-order valence-corrected chi connectivity index (χ4v) is 5.14. The number of nitriles is 1. The van der Waals surface area contributed by atoms with Gasteiger partial charge in [0.2, 0.25) is 0 Å². The zero-order valence-electron chi connectivity index (χ0n) is 15.9. The topological polar surface area (TPSA) is 92.0 Å². The number of nitrogens with one attached hydrogen (secondary N) is 1. The lowest BCUT2D eigenvalue weighted by molar-refractivity contribution is -0.203. The number of sulfone groups is 1. The van der Waals surface area contributed by atoms with Gasteiger partial charge in [-0.2, -0.15) is 18.4 Å². The number of halogens is 5. The van der Waals surface area contributed by atoms with Crippen molar-refractivity contribution in [2.45, 2.75) is 24.9 Å². The lowest BCUT2D eigenvalue weighted by atomic mass is 9.96. The van der Waals surface area contributed by atoms with Gasteiger partial charge in [0.25, 0.3) is 5.91 Å². The molecular formula is C18H16ClF4N3O3S. The van der Waals surface area contributed by atoms with Crippen LogP contribution in [-0.4, -0.2) is 30.8 Å². The van der Waals surface area contributed by atoms with E-state index >= 15 is 0 Å². The Morgan fingerprint density at radius 1 is 1.30 bits per heavy atom. The molecule has 1 amide bonds. The molecular weight excluding hydrogens is 450 g/mol. The summed E-state index contributed by atoms with van der Waals surface area (Å²) in [4.78, 5) is 11.9. The van der Waals surface area contributed by atoms with Crippen molar-refractivity contribution in [3.05, 3.63) is 46.5 Å². The van der Waals surface area contributed by atoms with E-state index in [0.717, 1.165) is 36.7 Å². The highest BCUT2D eigenvalue weighted by Gasteiger charge is 2.50. The first-order valence-electron chi connectivity index (χ1n) is 8.26. The maximum Gasteiger partial charge on any atom is 0.394 e. The van der Waals surface area contributed by atoms with E-state index in [1.54, 1.807) is 6.07 Å². The van der Waals surface area contributed by atoms with Gasteiger partial charge in [-0.1, -0.05) is 25.4 Å². The third-order valence-electron chi connectivity index (χ3n) is 4.30. The summed E-state index contributed by atoms with van der Waals surface area (Å²) < 4.78 is 78.9. The van der Waals surface area contributed by atoms with E-state index in [1.165, 1.54) is 13.1 Å². The summed E-state index contributed by atoms with van der Waals surface area (Å²) in [5.74, 6) is -2.96. The average molecular weight is 466 g/mol. The molecule has 0 atom stereocenters. The maximum atomic E-state index is 13.4. The molecule has 0 aliphatic heterocycles. The summed E-state index contributed by atoms with van der Waals surface area (Å²) in [6.07, 6.45) is -3.83. The average Bonchev–Trinajstić information content (AvgIpc) is 2.90. The molecule has 1 heterocycles. The van der Waals surface area contributed by atoms with Gasteiger partial charge >= 0.3 is 6.18 Å². The van der Waals surface area contributed by atoms with Crippen LogP contribution in [0.3, 0.4) is 0 Å². The van der Waals surface area contributed by atoms with Crippen LogP contribution < -0.4 is 5.32 Å². The summed E-state index contributed by atoms with van der Waals surface area (Å²) in [5.41, 5.74) is -3.17. The molecule has 0 aliphatic rings. The van der Waals surface area contributed by atoms with Gasteiger partial charge in [-0.25, -0.2) is 12.8 Å². The molecule has 0 fully saturated rings. The fraction of sp³-hybridized carbons (Fsp3) is 0.333. The maximum absolute atomic E-state index is 13.4. The number of hydrogen-bond acceptors (Lipinski definition) is 4. The van der Waals surface area contributed by atoms with Gasteiger partial charge in [0.15, 0.2) is 9.84 Å². The molecule has 6 nitrogen and oxygen atoms in total. The number of aromatic nitrogens is 1.